The van der Waals surface area contributed by atoms with Crippen LogP contribution in [0.5, 0.6) is 0 Å². The van der Waals surface area contributed by atoms with Gasteiger partial charge in [-0.1, -0.05) is 0 Å². The number of carboxylic acids is 3. The molecule has 0 spiro atoms. The first-order valence-corrected chi connectivity index (χ1v) is 14.8. The number of ether oxygens (including phenoxy) is 1. The molecule has 0 aromatic heterocycles. The van der Waals surface area contributed by atoms with E-state index in [1.54, 1.807) is 0 Å². The minimum atomic E-state index is -1.00. The Morgan fingerprint density at radius 1 is 0.491 bits per heavy atom. The van der Waals surface area contributed by atoms with Gasteiger partial charge in [-0.25, -0.2) is 0 Å². The summed E-state index contributed by atoms with van der Waals surface area (Å²) >= 11 is 0. The summed E-state index contributed by atoms with van der Waals surface area (Å²) in [5.74, 6) is -3.83. The highest BCUT2D eigenvalue weighted by molar-refractivity contribution is 5.86. The van der Waals surface area contributed by atoms with E-state index in [1.165, 1.54) is 7.11 Å². The summed E-state index contributed by atoms with van der Waals surface area (Å²) < 4.78 is 4.44. The SMILES string of the molecule is COC(=O)C(N)CCCNC(=N)N.Cl.Cl.Cl.Cl.N=C(N)NCCCC(N)C(=O)O.N=C(N)NCCCC(N)C(=O)O.N=C(N)NCCCC(N)C(=O)O. The van der Waals surface area contributed by atoms with E-state index in [1.807, 2.05) is 0 Å². The van der Waals surface area contributed by atoms with Gasteiger partial charge in [0, 0.05) is 26.2 Å². The Balaban J connectivity index is -0.0000000829. The lowest BCUT2D eigenvalue weighted by Crippen LogP contribution is -2.34. The molecule has 0 saturated heterocycles. The number of carbonyl (C=O) groups is 4. The molecule has 0 aliphatic rings. The van der Waals surface area contributed by atoms with Crippen LogP contribution in [0.15, 0.2) is 0 Å². The Kier molecular flexibility index (Phi) is 55.9. The predicted molar refractivity (Wildman–Crippen MR) is 212 cm³/mol. The van der Waals surface area contributed by atoms with Gasteiger partial charge < -0.3 is 87.2 Å². The number of halogens is 4. The second-order valence-electron chi connectivity index (χ2n) is 9.89. The fraction of sp³-hybridized carbons (Fsp3) is 0.680. The number of nitrogens with one attached hydrogen (secondary N) is 8. The van der Waals surface area contributed by atoms with Gasteiger partial charge in [0.2, 0.25) is 0 Å². The Morgan fingerprint density at radius 2 is 0.679 bits per heavy atom. The Morgan fingerprint density at radius 3 is 0.830 bits per heavy atom. The van der Waals surface area contributed by atoms with Crippen LogP contribution in [0.1, 0.15) is 51.4 Å². The van der Waals surface area contributed by atoms with Gasteiger partial charge in [-0.3, -0.25) is 40.8 Å². The van der Waals surface area contributed by atoms with Gasteiger partial charge in [-0.05, 0) is 51.4 Å². The molecule has 0 fully saturated rings. The molecule has 0 radical (unpaired) electrons. The van der Waals surface area contributed by atoms with Gasteiger partial charge in [0.05, 0.1) is 7.11 Å². The minimum absolute atomic E-state index is 0. The summed E-state index contributed by atoms with van der Waals surface area (Å²) in [7, 11) is 1.30. The number of carboxylic acid groups (broad SMARTS) is 3. The molecule has 4 atom stereocenters. The first kappa shape index (κ1) is 67.1. The Labute approximate surface area is 333 Å². The van der Waals surface area contributed by atoms with Gasteiger partial charge >= 0.3 is 23.9 Å². The van der Waals surface area contributed by atoms with Crippen LogP contribution in [-0.2, 0) is 23.9 Å². The maximum Gasteiger partial charge on any atom is 0.322 e. The lowest BCUT2D eigenvalue weighted by Gasteiger charge is -2.08. The quantitative estimate of drug-likeness (QED) is 0.0244. The molecule has 0 aliphatic heterocycles. The summed E-state index contributed by atoms with van der Waals surface area (Å²) in [6.45, 7) is 1.99. The molecule has 4 unspecified atom stereocenters. The molecule has 0 heterocycles. The first-order valence-electron chi connectivity index (χ1n) is 14.8. The second-order valence-corrected chi connectivity index (χ2v) is 9.89. The highest BCUT2D eigenvalue weighted by atomic mass is 35.5. The van der Waals surface area contributed by atoms with Gasteiger partial charge in [0.25, 0.3) is 0 Å². The zero-order valence-corrected chi connectivity index (χ0v) is 32.7. The number of hydrogen-bond acceptors (Lipinski definition) is 13. The molecular formula is C25H62Cl4N16O8. The van der Waals surface area contributed by atoms with E-state index in [4.69, 9.17) is 82.8 Å². The van der Waals surface area contributed by atoms with E-state index in [2.05, 4.69) is 26.0 Å². The van der Waals surface area contributed by atoms with E-state index in [9.17, 15) is 19.2 Å². The summed E-state index contributed by atoms with van der Waals surface area (Å²) in [6.07, 6.45) is 4.12. The number of hydrogen-bond donors (Lipinski definition) is 19. The van der Waals surface area contributed by atoms with E-state index in [0.717, 1.165) is 0 Å². The molecule has 0 aliphatic carbocycles. The maximum absolute atomic E-state index is 10.8. The highest BCUT2D eigenvalue weighted by Crippen LogP contribution is 1.95. The van der Waals surface area contributed by atoms with Crippen LogP contribution in [0.2, 0.25) is 0 Å². The lowest BCUT2D eigenvalue weighted by atomic mass is 10.2. The fourth-order valence-corrected chi connectivity index (χ4v) is 2.82. The fourth-order valence-electron chi connectivity index (χ4n) is 2.82. The number of guanidine groups is 4. The average molecular weight is 857 g/mol. The van der Waals surface area contributed by atoms with Crippen molar-refractivity contribution in [3.05, 3.63) is 0 Å². The zero-order chi connectivity index (χ0) is 38.9. The number of esters is 1. The lowest BCUT2D eigenvalue weighted by molar-refractivity contribution is -0.142. The second kappa shape index (κ2) is 44.1. The summed E-state index contributed by atoms with van der Waals surface area (Å²) in [5, 5.41) is 62.6. The van der Waals surface area contributed by atoms with Crippen molar-refractivity contribution in [3.8, 4) is 0 Å². The topological polar surface area (TPSA) is 490 Å². The zero-order valence-electron chi connectivity index (χ0n) is 29.4. The predicted octanol–water partition coefficient (Wildman–Crippen LogP) is -3.58. The van der Waals surface area contributed by atoms with E-state index in [-0.39, 0.29) is 73.5 Å². The summed E-state index contributed by atoms with van der Waals surface area (Å²) in [6, 6.07) is -3.05. The van der Waals surface area contributed by atoms with Crippen LogP contribution in [0.4, 0.5) is 0 Å². The van der Waals surface area contributed by atoms with Gasteiger partial charge in [0.1, 0.15) is 24.2 Å². The van der Waals surface area contributed by atoms with Crippen molar-refractivity contribution in [1.29, 1.82) is 21.6 Å². The normalized spacial score (nSPS) is 11.1. The monoisotopic (exact) mass is 854 g/mol. The van der Waals surface area contributed by atoms with Crippen LogP contribution in [0.25, 0.3) is 0 Å². The van der Waals surface area contributed by atoms with Crippen molar-refractivity contribution in [3.63, 3.8) is 0 Å². The van der Waals surface area contributed by atoms with E-state index < -0.39 is 48.0 Å². The van der Waals surface area contributed by atoms with Crippen molar-refractivity contribution in [1.82, 2.24) is 21.3 Å². The minimum Gasteiger partial charge on any atom is -0.480 e. The van der Waals surface area contributed by atoms with Gasteiger partial charge in [0.15, 0.2) is 23.8 Å². The number of nitrogens with two attached hydrogens (primary N) is 8. The summed E-state index contributed by atoms with van der Waals surface area (Å²) in [4.78, 5) is 41.5. The molecule has 0 bridgehead atoms. The molecule has 0 aromatic rings. The molecule has 27 N–H and O–H groups in total. The number of rotatable bonds is 20. The van der Waals surface area contributed by atoms with E-state index >= 15 is 0 Å². The van der Waals surface area contributed by atoms with Crippen molar-refractivity contribution < 1.29 is 39.2 Å². The first-order chi connectivity index (χ1) is 22.7. The molecular weight excluding hydrogens is 794 g/mol. The van der Waals surface area contributed by atoms with Crippen LogP contribution in [-0.4, -0.2) is 120 Å². The number of methoxy groups -OCH3 is 1. The Bertz CT molecular complexity index is 934. The van der Waals surface area contributed by atoms with Crippen molar-refractivity contribution in [2.24, 2.45) is 45.9 Å². The third-order valence-corrected chi connectivity index (χ3v) is 5.48. The van der Waals surface area contributed by atoms with Crippen LogP contribution < -0.4 is 67.1 Å². The molecule has 53 heavy (non-hydrogen) atoms. The molecule has 0 saturated carbocycles. The standard InChI is InChI=1S/C7H16N4O2.3C6H14N4O2.4ClH/c1-13-6(12)5(8)3-2-4-11-7(9)10;3*7-4(5(11)12)2-1-3-10-6(8)9;;;;/h5H,2-4,8H2,1H3,(H4,9,10,11);3*4H,1-3,7H2,(H,11,12)(H4,8,9,10);4*1H. The number of aliphatic carboxylic acids is 3. The van der Waals surface area contributed by atoms with Crippen molar-refractivity contribution in [2.45, 2.75) is 75.5 Å². The largest absolute Gasteiger partial charge is 0.480 e. The molecule has 0 rings (SSSR count). The molecule has 28 heteroatoms. The number of carbonyl (C=O) groups excluding carboxylic acids is 1. The van der Waals surface area contributed by atoms with Gasteiger partial charge in [-0.15, -0.1) is 49.6 Å². The maximum atomic E-state index is 10.8. The summed E-state index contributed by atoms with van der Waals surface area (Å²) in [5.41, 5.74) is 41.1. The van der Waals surface area contributed by atoms with Crippen LogP contribution >= 0.6 is 49.6 Å². The van der Waals surface area contributed by atoms with Crippen LogP contribution in [0, 0.1) is 21.6 Å². The van der Waals surface area contributed by atoms with E-state index in [0.29, 0.717) is 77.5 Å². The molecule has 0 aromatic carbocycles. The Hall–Kier alpha value is -4.04. The van der Waals surface area contributed by atoms with Gasteiger partial charge in [-0.2, -0.15) is 0 Å². The van der Waals surface area contributed by atoms with Crippen molar-refractivity contribution >= 4 is 97.3 Å². The molecule has 318 valence electrons. The van der Waals surface area contributed by atoms with Crippen molar-refractivity contribution in [2.75, 3.05) is 33.3 Å². The smallest absolute Gasteiger partial charge is 0.322 e. The third-order valence-electron chi connectivity index (χ3n) is 5.48. The van der Waals surface area contributed by atoms with Crippen LogP contribution in [0.3, 0.4) is 0 Å². The third kappa shape index (κ3) is 57.5. The highest BCUT2D eigenvalue weighted by Gasteiger charge is 2.13. The molecule has 24 nitrogen and oxygen atoms in total. The average Bonchev–Trinajstić information content (AvgIpc) is 3.01. The molecule has 0 amide bonds.